The molecule has 0 fully saturated rings. The van der Waals surface area contributed by atoms with Gasteiger partial charge in [0.1, 0.15) is 11.6 Å². The van der Waals surface area contributed by atoms with E-state index in [9.17, 15) is 9.59 Å². The van der Waals surface area contributed by atoms with Gasteiger partial charge in [-0.05, 0) is 40.2 Å². The predicted octanol–water partition coefficient (Wildman–Crippen LogP) is 0.786. The highest BCUT2D eigenvalue weighted by molar-refractivity contribution is 5.85. The number of hydrogen-bond donors (Lipinski definition) is 3. The molecule has 2 amide bonds. The maximum absolute atomic E-state index is 11.5. The van der Waals surface area contributed by atoms with Crippen LogP contribution in [0.15, 0.2) is 0 Å². The van der Waals surface area contributed by atoms with Gasteiger partial charge in [0.25, 0.3) is 0 Å². The van der Waals surface area contributed by atoms with Crippen LogP contribution in [0.3, 0.4) is 0 Å². The Hall–Kier alpha value is -1.01. The molecule has 108 valence electrons. The third-order valence-electron chi connectivity index (χ3n) is 1.95. The molecule has 18 heavy (non-hydrogen) atoms. The minimum Gasteiger partial charge on any atom is -0.444 e. The molecule has 0 radical (unpaired) electrons. The molecule has 0 aromatic rings. The molecule has 0 spiro atoms. The summed E-state index contributed by atoms with van der Waals surface area (Å²) in [5.41, 5.74) is 4.80. The fourth-order valence-electron chi connectivity index (χ4n) is 1.21. The van der Waals surface area contributed by atoms with Crippen molar-refractivity contribution >= 4 is 24.4 Å². The van der Waals surface area contributed by atoms with E-state index in [2.05, 4.69) is 10.6 Å². The number of hydrogen-bond acceptors (Lipinski definition) is 4. The Morgan fingerprint density at radius 3 is 2.28 bits per heavy atom. The third kappa shape index (κ3) is 9.07. The van der Waals surface area contributed by atoms with Crippen LogP contribution in [-0.2, 0) is 9.53 Å². The van der Waals surface area contributed by atoms with Crippen LogP contribution in [0.5, 0.6) is 0 Å². The molecule has 0 bridgehead atoms. The molecule has 0 heterocycles. The predicted molar refractivity (Wildman–Crippen MR) is 72.8 cm³/mol. The maximum atomic E-state index is 11.5. The van der Waals surface area contributed by atoms with Gasteiger partial charge in [-0.25, -0.2) is 4.79 Å². The minimum absolute atomic E-state index is 0. The highest BCUT2D eigenvalue weighted by Gasteiger charge is 2.22. The van der Waals surface area contributed by atoms with E-state index in [1.165, 1.54) is 7.05 Å². The lowest BCUT2D eigenvalue weighted by molar-refractivity contribution is -0.122. The van der Waals surface area contributed by atoms with Crippen LogP contribution in [0.4, 0.5) is 4.79 Å². The van der Waals surface area contributed by atoms with Crippen LogP contribution < -0.4 is 16.4 Å². The summed E-state index contributed by atoms with van der Waals surface area (Å²) in [5, 5.41) is 5.02. The van der Waals surface area contributed by atoms with Crippen molar-refractivity contribution in [2.75, 3.05) is 13.6 Å². The number of rotatable bonds is 5. The molecule has 0 aromatic carbocycles. The molecule has 0 saturated carbocycles. The van der Waals surface area contributed by atoms with Crippen molar-refractivity contribution in [3.63, 3.8) is 0 Å². The van der Waals surface area contributed by atoms with E-state index in [4.69, 9.17) is 10.5 Å². The maximum Gasteiger partial charge on any atom is 0.408 e. The number of alkyl carbamates (subject to hydrolysis) is 1. The Bertz CT molecular complexity index is 267. The van der Waals surface area contributed by atoms with Gasteiger partial charge in [-0.15, -0.1) is 12.4 Å². The fraction of sp³-hybridized carbons (Fsp3) is 0.818. The van der Waals surface area contributed by atoms with E-state index in [0.29, 0.717) is 19.4 Å². The van der Waals surface area contributed by atoms with E-state index in [1.54, 1.807) is 20.8 Å². The van der Waals surface area contributed by atoms with Crippen molar-refractivity contribution in [1.29, 1.82) is 0 Å². The quantitative estimate of drug-likeness (QED) is 0.694. The molecular weight excluding hydrogens is 258 g/mol. The molecule has 0 saturated heterocycles. The van der Waals surface area contributed by atoms with Crippen LogP contribution in [0.25, 0.3) is 0 Å². The zero-order chi connectivity index (χ0) is 13.5. The minimum atomic E-state index is -0.599. The zero-order valence-corrected chi connectivity index (χ0v) is 12.2. The van der Waals surface area contributed by atoms with Crippen molar-refractivity contribution in [2.24, 2.45) is 5.73 Å². The summed E-state index contributed by atoms with van der Waals surface area (Å²) < 4.78 is 5.08. The number of ether oxygens (including phenoxy) is 1. The molecular formula is C11H24ClN3O3. The van der Waals surface area contributed by atoms with Gasteiger partial charge in [0.05, 0.1) is 0 Å². The summed E-state index contributed by atoms with van der Waals surface area (Å²) in [6.45, 7) is 5.77. The van der Waals surface area contributed by atoms with Crippen LogP contribution >= 0.6 is 12.4 Å². The van der Waals surface area contributed by atoms with Crippen LogP contribution in [0, 0.1) is 0 Å². The van der Waals surface area contributed by atoms with Gasteiger partial charge >= 0.3 is 6.09 Å². The van der Waals surface area contributed by atoms with Gasteiger partial charge in [0.15, 0.2) is 0 Å². The number of halogens is 1. The number of carbonyl (C=O) groups is 2. The van der Waals surface area contributed by atoms with E-state index in [1.807, 2.05) is 0 Å². The average Bonchev–Trinajstić information content (AvgIpc) is 2.20. The largest absolute Gasteiger partial charge is 0.444 e. The Morgan fingerprint density at radius 1 is 1.33 bits per heavy atom. The Kier molecular flexibility index (Phi) is 9.66. The SMILES string of the molecule is CNC(=O)[C@H](CCCN)NC(=O)OC(C)(C)C.Cl. The summed E-state index contributed by atoms with van der Waals surface area (Å²) >= 11 is 0. The first-order valence-electron chi connectivity index (χ1n) is 5.71. The van der Waals surface area contributed by atoms with Gasteiger partial charge in [0, 0.05) is 7.05 Å². The number of amides is 2. The first-order valence-corrected chi connectivity index (χ1v) is 5.71. The Labute approximate surface area is 114 Å². The number of nitrogens with one attached hydrogen (secondary N) is 2. The van der Waals surface area contributed by atoms with E-state index >= 15 is 0 Å². The smallest absolute Gasteiger partial charge is 0.408 e. The lowest BCUT2D eigenvalue weighted by Crippen LogP contribution is -2.47. The van der Waals surface area contributed by atoms with E-state index in [-0.39, 0.29) is 18.3 Å². The first kappa shape index (κ1) is 19.3. The lowest BCUT2D eigenvalue weighted by Gasteiger charge is -2.22. The van der Waals surface area contributed by atoms with Gasteiger partial charge in [0.2, 0.25) is 5.91 Å². The normalized spacial score (nSPS) is 12.1. The standard InChI is InChI=1S/C11H23N3O3.ClH/c1-11(2,3)17-10(16)14-8(6-5-7-12)9(15)13-4;/h8H,5-7,12H2,1-4H3,(H,13,15)(H,14,16);1H/t8-;/m0./s1. The first-order chi connectivity index (χ1) is 7.80. The summed E-state index contributed by atoms with van der Waals surface area (Å²) in [4.78, 5) is 23.0. The summed E-state index contributed by atoms with van der Waals surface area (Å²) in [5.74, 6) is -0.246. The topological polar surface area (TPSA) is 93.5 Å². The average molecular weight is 282 g/mol. The van der Waals surface area contributed by atoms with Crippen LogP contribution in [0.1, 0.15) is 33.6 Å². The molecule has 0 aliphatic rings. The fourth-order valence-corrected chi connectivity index (χ4v) is 1.21. The molecule has 1 atom stereocenters. The molecule has 0 rings (SSSR count). The van der Waals surface area contributed by atoms with Gasteiger partial charge in [-0.1, -0.05) is 0 Å². The van der Waals surface area contributed by atoms with Crippen LogP contribution in [-0.4, -0.2) is 37.2 Å². The Balaban J connectivity index is 0. The van der Waals surface area contributed by atoms with Gasteiger partial charge < -0.3 is 21.1 Å². The van der Waals surface area contributed by atoms with Crippen molar-refractivity contribution in [1.82, 2.24) is 10.6 Å². The van der Waals surface area contributed by atoms with Crippen molar-refractivity contribution in [3.05, 3.63) is 0 Å². The second-order valence-corrected chi connectivity index (χ2v) is 4.74. The lowest BCUT2D eigenvalue weighted by atomic mass is 10.1. The third-order valence-corrected chi connectivity index (χ3v) is 1.95. The number of nitrogens with two attached hydrogens (primary N) is 1. The van der Waals surface area contributed by atoms with E-state index < -0.39 is 17.7 Å². The monoisotopic (exact) mass is 281 g/mol. The summed E-state index contributed by atoms with van der Waals surface area (Å²) in [6.07, 6.45) is 0.562. The van der Waals surface area contributed by atoms with Crippen molar-refractivity contribution < 1.29 is 14.3 Å². The molecule has 7 heteroatoms. The number of carbonyl (C=O) groups excluding carboxylic acids is 2. The number of likely N-dealkylation sites (N-methyl/N-ethyl adjacent to an activating group) is 1. The second-order valence-electron chi connectivity index (χ2n) is 4.74. The molecule has 0 aliphatic heterocycles. The van der Waals surface area contributed by atoms with Gasteiger partial charge in [-0.2, -0.15) is 0 Å². The summed E-state index contributed by atoms with van der Waals surface area (Å²) in [6, 6.07) is -0.599. The second kappa shape index (κ2) is 8.99. The van der Waals surface area contributed by atoms with Crippen molar-refractivity contribution in [3.8, 4) is 0 Å². The highest BCUT2D eigenvalue weighted by atomic mass is 35.5. The molecule has 0 unspecified atom stereocenters. The Morgan fingerprint density at radius 2 is 1.89 bits per heavy atom. The molecule has 0 aliphatic carbocycles. The van der Waals surface area contributed by atoms with Crippen molar-refractivity contribution in [2.45, 2.75) is 45.3 Å². The van der Waals surface area contributed by atoms with Gasteiger partial charge in [-0.3, -0.25) is 4.79 Å². The molecule has 0 aromatic heterocycles. The zero-order valence-electron chi connectivity index (χ0n) is 11.4. The molecule has 6 nitrogen and oxygen atoms in total. The van der Waals surface area contributed by atoms with Crippen LogP contribution in [0.2, 0.25) is 0 Å². The molecule has 4 N–H and O–H groups in total. The van der Waals surface area contributed by atoms with E-state index in [0.717, 1.165) is 0 Å². The summed E-state index contributed by atoms with van der Waals surface area (Å²) in [7, 11) is 1.52. The highest BCUT2D eigenvalue weighted by Crippen LogP contribution is 2.07.